The third kappa shape index (κ3) is 3.52. The van der Waals surface area contributed by atoms with E-state index in [1.807, 2.05) is 0 Å². The quantitative estimate of drug-likeness (QED) is 0.795. The maximum absolute atomic E-state index is 10.7. The van der Waals surface area contributed by atoms with Crippen LogP contribution in [0.1, 0.15) is 5.89 Å². The first-order valence-corrected chi connectivity index (χ1v) is 5.55. The summed E-state index contributed by atoms with van der Waals surface area (Å²) in [5.41, 5.74) is 1.24. The Bertz CT molecular complexity index is 558. The molecular formula is C12H12N2O5. The molecule has 0 fully saturated rings. The van der Waals surface area contributed by atoms with Crippen molar-refractivity contribution >= 4 is 23.0 Å². The molecule has 0 atom stereocenters. The molecule has 2 rings (SSSR count). The van der Waals surface area contributed by atoms with E-state index in [4.69, 9.17) is 14.6 Å². The van der Waals surface area contributed by atoms with Crippen molar-refractivity contribution in [1.82, 2.24) is 9.88 Å². The van der Waals surface area contributed by atoms with E-state index in [2.05, 4.69) is 4.98 Å². The normalized spacial score (nSPS) is 11.0. The van der Waals surface area contributed by atoms with Gasteiger partial charge in [-0.25, -0.2) is 4.98 Å². The van der Waals surface area contributed by atoms with Crippen molar-refractivity contribution in [2.45, 2.75) is 6.54 Å². The minimum atomic E-state index is -1.10. The highest BCUT2D eigenvalue weighted by Gasteiger charge is 2.16. The van der Waals surface area contributed by atoms with Crippen LogP contribution in [0.2, 0.25) is 0 Å². The van der Waals surface area contributed by atoms with Crippen molar-refractivity contribution in [2.24, 2.45) is 0 Å². The number of hydrogen-bond donors (Lipinski definition) is 2. The molecule has 0 saturated carbocycles. The van der Waals surface area contributed by atoms with Crippen molar-refractivity contribution in [1.29, 1.82) is 0 Å². The molecular weight excluding hydrogens is 252 g/mol. The highest BCUT2D eigenvalue weighted by atomic mass is 16.4. The summed E-state index contributed by atoms with van der Waals surface area (Å²) in [7, 11) is 0. The van der Waals surface area contributed by atoms with Gasteiger partial charge < -0.3 is 14.6 Å². The van der Waals surface area contributed by atoms with Gasteiger partial charge in [0.1, 0.15) is 5.52 Å². The third-order valence-electron chi connectivity index (χ3n) is 2.41. The maximum Gasteiger partial charge on any atom is 0.317 e. The second-order valence-electron chi connectivity index (χ2n) is 4.01. The molecule has 0 unspecified atom stereocenters. The van der Waals surface area contributed by atoms with E-state index in [0.29, 0.717) is 17.0 Å². The van der Waals surface area contributed by atoms with Gasteiger partial charge in [0.2, 0.25) is 5.89 Å². The summed E-state index contributed by atoms with van der Waals surface area (Å²) in [4.78, 5) is 26.7. The number of hydrogen-bond acceptors (Lipinski definition) is 5. The zero-order chi connectivity index (χ0) is 13.8. The molecule has 0 aliphatic heterocycles. The predicted octanol–water partition coefficient (Wildman–Crippen LogP) is 0.799. The first-order chi connectivity index (χ1) is 9.04. The monoisotopic (exact) mass is 264 g/mol. The number of carboxylic acids is 2. The van der Waals surface area contributed by atoms with Gasteiger partial charge in [-0.15, -0.1) is 0 Å². The van der Waals surface area contributed by atoms with E-state index >= 15 is 0 Å². The van der Waals surface area contributed by atoms with E-state index in [0.717, 1.165) is 0 Å². The van der Waals surface area contributed by atoms with Gasteiger partial charge in [0.15, 0.2) is 5.58 Å². The van der Waals surface area contributed by atoms with Crippen LogP contribution < -0.4 is 0 Å². The van der Waals surface area contributed by atoms with Gasteiger partial charge in [-0.2, -0.15) is 0 Å². The molecule has 0 spiro atoms. The van der Waals surface area contributed by atoms with Crippen LogP contribution >= 0.6 is 0 Å². The summed E-state index contributed by atoms with van der Waals surface area (Å²) in [5, 5.41) is 17.5. The number of aromatic nitrogens is 1. The fourth-order valence-corrected chi connectivity index (χ4v) is 1.73. The minimum Gasteiger partial charge on any atom is -0.480 e. The van der Waals surface area contributed by atoms with Gasteiger partial charge in [-0.05, 0) is 12.1 Å². The number of carbonyl (C=O) groups is 2. The molecule has 1 aromatic carbocycles. The summed E-state index contributed by atoms with van der Waals surface area (Å²) in [5.74, 6) is -1.90. The predicted molar refractivity (Wildman–Crippen MR) is 64.6 cm³/mol. The van der Waals surface area contributed by atoms with Crippen molar-refractivity contribution in [3.8, 4) is 0 Å². The standard InChI is InChI=1S/C12H12N2O5/c15-11(16)6-14(7-12(17)18)5-10-13-8-3-1-2-4-9(8)19-10/h1-4H,5-7H2,(H,15,16)(H,17,18). The summed E-state index contributed by atoms with van der Waals surface area (Å²) in [6, 6.07) is 7.11. The number of carboxylic acid groups (broad SMARTS) is 2. The summed E-state index contributed by atoms with van der Waals surface area (Å²) in [6.45, 7) is -0.733. The fraction of sp³-hybridized carbons (Fsp3) is 0.250. The molecule has 0 bridgehead atoms. The summed E-state index contributed by atoms with van der Waals surface area (Å²) >= 11 is 0. The van der Waals surface area contributed by atoms with E-state index in [9.17, 15) is 9.59 Å². The Morgan fingerprint density at radius 1 is 1.16 bits per heavy atom. The Kier molecular flexibility index (Phi) is 3.76. The van der Waals surface area contributed by atoms with Gasteiger partial charge in [-0.3, -0.25) is 14.5 Å². The van der Waals surface area contributed by atoms with Crippen LogP contribution in [0.5, 0.6) is 0 Å². The zero-order valence-corrected chi connectivity index (χ0v) is 9.94. The Hall–Kier alpha value is -2.41. The Labute approximate surface area is 108 Å². The molecule has 7 heteroatoms. The van der Waals surface area contributed by atoms with Crippen LogP contribution in [-0.2, 0) is 16.1 Å². The number of fused-ring (bicyclic) bond motifs is 1. The van der Waals surface area contributed by atoms with Crippen LogP contribution in [-0.4, -0.2) is 45.1 Å². The lowest BCUT2D eigenvalue weighted by Crippen LogP contribution is -2.34. The van der Waals surface area contributed by atoms with E-state index in [-0.39, 0.29) is 19.6 Å². The lowest BCUT2D eigenvalue weighted by Gasteiger charge is -2.15. The Morgan fingerprint density at radius 2 is 1.79 bits per heavy atom. The minimum absolute atomic E-state index is 0.0350. The first kappa shape index (κ1) is 13.0. The van der Waals surface area contributed by atoms with Gasteiger partial charge in [0, 0.05) is 0 Å². The number of nitrogens with zero attached hydrogens (tertiary/aromatic N) is 2. The van der Waals surface area contributed by atoms with Crippen molar-refractivity contribution in [2.75, 3.05) is 13.1 Å². The number of oxazole rings is 1. The maximum atomic E-state index is 10.7. The largest absolute Gasteiger partial charge is 0.480 e. The smallest absolute Gasteiger partial charge is 0.317 e. The van der Waals surface area contributed by atoms with E-state index in [1.54, 1.807) is 24.3 Å². The average Bonchev–Trinajstić information content (AvgIpc) is 2.68. The highest BCUT2D eigenvalue weighted by molar-refractivity contribution is 5.73. The van der Waals surface area contributed by atoms with Gasteiger partial charge in [-0.1, -0.05) is 12.1 Å². The Morgan fingerprint density at radius 3 is 2.37 bits per heavy atom. The summed E-state index contributed by atoms with van der Waals surface area (Å²) < 4.78 is 5.42. The second kappa shape index (κ2) is 5.49. The van der Waals surface area contributed by atoms with Crippen molar-refractivity contribution in [3.63, 3.8) is 0 Å². The second-order valence-corrected chi connectivity index (χ2v) is 4.01. The molecule has 0 radical (unpaired) electrons. The van der Waals surface area contributed by atoms with Crippen LogP contribution in [0, 0.1) is 0 Å². The molecule has 0 saturated heterocycles. The zero-order valence-electron chi connectivity index (χ0n) is 9.94. The fourth-order valence-electron chi connectivity index (χ4n) is 1.73. The molecule has 2 aromatic rings. The summed E-state index contributed by atoms with van der Waals surface area (Å²) in [6.07, 6.45) is 0. The molecule has 1 heterocycles. The van der Waals surface area contributed by atoms with Crippen molar-refractivity contribution in [3.05, 3.63) is 30.2 Å². The molecule has 0 amide bonds. The molecule has 0 aliphatic rings. The molecule has 2 N–H and O–H groups in total. The lowest BCUT2D eigenvalue weighted by molar-refractivity contribution is -0.142. The Balaban J connectivity index is 2.15. The highest BCUT2D eigenvalue weighted by Crippen LogP contribution is 2.15. The molecule has 0 aliphatic carbocycles. The van der Waals surface area contributed by atoms with Gasteiger partial charge in [0.05, 0.1) is 19.6 Å². The van der Waals surface area contributed by atoms with Crippen molar-refractivity contribution < 1.29 is 24.2 Å². The first-order valence-electron chi connectivity index (χ1n) is 5.55. The average molecular weight is 264 g/mol. The number of aliphatic carboxylic acids is 2. The molecule has 100 valence electrons. The molecule has 19 heavy (non-hydrogen) atoms. The lowest BCUT2D eigenvalue weighted by atomic mass is 10.3. The van der Waals surface area contributed by atoms with Crippen LogP contribution in [0.15, 0.2) is 28.7 Å². The number of rotatable bonds is 6. The van der Waals surface area contributed by atoms with Gasteiger partial charge >= 0.3 is 11.9 Å². The number of para-hydroxylation sites is 2. The van der Waals surface area contributed by atoms with Crippen LogP contribution in [0.25, 0.3) is 11.1 Å². The third-order valence-corrected chi connectivity index (χ3v) is 2.41. The van der Waals surface area contributed by atoms with E-state index in [1.165, 1.54) is 4.90 Å². The van der Waals surface area contributed by atoms with E-state index < -0.39 is 11.9 Å². The number of benzene rings is 1. The SMILES string of the molecule is O=C(O)CN(CC(=O)O)Cc1nc2ccccc2o1. The molecule has 1 aromatic heterocycles. The van der Waals surface area contributed by atoms with Crippen LogP contribution in [0.3, 0.4) is 0 Å². The molecule has 7 nitrogen and oxygen atoms in total. The van der Waals surface area contributed by atoms with Crippen LogP contribution in [0.4, 0.5) is 0 Å². The topological polar surface area (TPSA) is 104 Å². The van der Waals surface area contributed by atoms with Gasteiger partial charge in [0.25, 0.3) is 0 Å².